The minimum atomic E-state index is -3.11. The zero-order valence-corrected chi connectivity index (χ0v) is 28.1. The van der Waals surface area contributed by atoms with Gasteiger partial charge in [-0.05, 0) is 84.3 Å². The molecule has 0 heterocycles. The molecule has 198 valence electrons. The molecule has 0 saturated heterocycles. The molecule has 0 aliphatic rings. The molecular formula is C27H34Na2O8S. The van der Waals surface area contributed by atoms with Gasteiger partial charge in [-0.2, -0.15) is 0 Å². The van der Waals surface area contributed by atoms with Crippen molar-refractivity contribution in [3.63, 3.8) is 0 Å². The molecule has 3 aromatic rings. The van der Waals surface area contributed by atoms with Crippen LogP contribution in [0.2, 0.25) is 0 Å². The molecule has 0 amide bonds. The maximum absolute atomic E-state index is 10.3. The Morgan fingerprint density at radius 3 is 1.32 bits per heavy atom. The fourth-order valence-electron chi connectivity index (χ4n) is 3.27. The summed E-state index contributed by atoms with van der Waals surface area (Å²) in [7, 11) is 0. The van der Waals surface area contributed by atoms with Crippen molar-refractivity contribution in [3.05, 3.63) is 88.5 Å². The van der Waals surface area contributed by atoms with Crippen molar-refractivity contribution in [1.82, 2.24) is 0 Å². The molecule has 0 saturated carbocycles. The van der Waals surface area contributed by atoms with Crippen LogP contribution in [0.1, 0.15) is 72.1 Å². The summed E-state index contributed by atoms with van der Waals surface area (Å²) in [5.74, 6) is 0.470. The minimum Gasteiger partial charge on any atom is -0.784 e. The van der Waals surface area contributed by atoms with Crippen molar-refractivity contribution >= 4 is 17.3 Å². The molecule has 4 N–H and O–H groups in total. The number of carbonyl (C=O) groups is 1. The molecule has 0 bridgehead atoms. The fourth-order valence-corrected chi connectivity index (χ4v) is 3.27. The van der Waals surface area contributed by atoms with Crippen LogP contribution in [-0.2, 0) is 11.4 Å². The van der Waals surface area contributed by atoms with E-state index in [1.807, 2.05) is 26.0 Å². The van der Waals surface area contributed by atoms with Crippen LogP contribution in [0.4, 0.5) is 0 Å². The summed E-state index contributed by atoms with van der Waals surface area (Å²) in [6.45, 7) is 12.7. The Morgan fingerprint density at radius 2 is 1.08 bits per heavy atom. The van der Waals surface area contributed by atoms with E-state index >= 15 is 0 Å². The van der Waals surface area contributed by atoms with Gasteiger partial charge in [-0.25, -0.2) is 4.79 Å². The number of carboxylic acids is 1. The first-order valence-electron chi connectivity index (χ1n) is 11.0. The standard InChI is InChI=1S/2C10H14O.C7H6O3.2Na.H2O3S/c2*1-7(2)10-5-4-9(11)6-8(10)3;8-6-4-2-1-3-5(6)7(9)10;;;1-4(2)3/h2*4-7,11H,1-3H3;1-4,8H,(H,9,10);;;(H2,1,2,3)/q;;;2*+1;/p-2. The average molecular weight is 565 g/mol. The van der Waals surface area contributed by atoms with Crippen LogP contribution >= 0.6 is 0 Å². The Morgan fingerprint density at radius 1 is 0.737 bits per heavy atom. The fraction of sp³-hybridized carbons (Fsp3) is 0.296. The molecule has 0 aromatic heterocycles. The van der Waals surface area contributed by atoms with Gasteiger partial charge in [0.25, 0.3) is 0 Å². The van der Waals surface area contributed by atoms with Crippen molar-refractivity contribution in [2.45, 2.75) is 53.4 Å². The van der Waals surface area contributed by atoms with Gasteiger partial charge in [0, 0.05) is 0 Å². The number of hydrogen-bond acceptors (Lipinski definition) is 7. The third-order valence-corrected chi connectivity index (χ3v) is 4.89. The van der Waals surface area contributed by atoms with E-state index in [9.17, 15) is 4.79 Å². The van der Waals surface area contributed by atoms with E-state index in [0.29, 0.717) is 23.3 Å². The number of benzene rings is 3. The first-order valence-corrected chi connectivity index (χ1v) is 12.0. The predicted molar refractivity (Wildman–Crippen MR) is 139 cm³/mol. The molecule has 3 aromatic carbocycles. The molecule has 0 spiro atoms. The van der Waals surface area contributed by atoms with Gasteiger partial charge in [0.05, 0.1) is 0 Å². The molecular weight excluding hydrogens is 530 g/mol. The van der Waals surface area contributed by atoms with Crippen LogP contribution in [0.5, 0.6) is 17.2 Å². The largest absolute Gasteiger partial charge is 1.00 e. The van der Waals surface area contributed by atoms with Crippen LogP contribution in [0, 0.1) is 13.8 Å². The molecule has 0 aliphatic heterocycles. The van der Waals surface area contributed by atoms with Crippen LogP contribution in [0.15, 0.2) is 60.7 Å². The number of para-hydroxylation sites is 1. The molecule has 0 atom stereocenters. The van der Waals surface area contributed by atoms with E-state index < -0.39 is 17.3 Å². The Kier molecular flexibility index (Phi) is 23.2. The van der Waals surface area contributed by atoms with Gasteiger partial charge in [0.15, 0.2) is 0 Å². The van der Waals surface area contributed by atoms with Gasteiger partial charge < -0.3 is 29.5 Å². The van der Waals surface area contributed by atoms with E-state index in [4.69, 9.17) is 33.7 Å². The quantitative estimate of drug-likeness (QED) is 0.250. The third kappa shape index (κ3) is 17.2. The van der Waals surface area contributed by atoms with Gasteiger partial charge in [0.1, 0.15) is 22.8 Å². The molecule has 0 fully saturated rings. The van der Waals surface area contributed by atoms with E-state index in [1.165, 1.54) is 34.4 Å². The van der Waals surface area contributed by atoms with Crippen LogP contribution in [0.25, 0.3) is 0 Å². The Balaban J connectivity index is -0.000000441. The first kappa shape index (κ1) is 41.1. The van der Waals surface area contributed by atoms with Crippen molar-refractivity contribution in [2.24, 2.45) is 0 Å². The second kappa shape index (κ2) is 21.4. The number of aryl methyl sites for hydroxylation is 2. The number of phenolic OH excluding ortho intramolecular Hbond substituents is 2. The zero-order chi connectivity index (χ0) is 28.0. The first-order chi connectivity index (χ1) is 16.7. The minimum absolute atomic E-state index is 0. The molecule has 11 heteroatoms. The number of hydrogen-bond donors (Lipinski definition) is 4. The summed E-state index contributed by atoms with van der Waals surface area (Å²) in [5.41, 5.74) is 4.88. The molecule has 0 radical (unpaired) electrons. The predicted octanol–water partition coefficient (Wildman–Crippen LogP) is -0.258. The molecule has 0 aliphatic carbocycles. The summed E-state index contributed by atoms with van der Waals surface area (Å²) in [6, 6.07) is 16.9. The average Bonchev–Trinajstić information content (AvgIpc) is 2.73. The molecule has 38 heavy (non-hydrogen) atoms. The summed E-state index contributed by atoms with van der Waals surface area (Å²) >= 11 is -3.11. The van der Waals surface area contributed by atoms with E-state index in [1.54, 1.807) is 36.4 Å². The van der Waals surface area contributed by atoms with E-state index in [0.717, 1.165) is 0 Å². The summed E-state index contributed by atoms with van der Waals surface area (Å²) in [5, 5.41) is 35.5. The van der Waals surface area contributed by atoms with E-state index in [-0.39, 0.29) is 70.4 Å². The smallest absolute Gasteiger partial charge is 0.784 e. The number of aromatic hydroxyl groups is 3. The Bertz CT molecular complexity index is 1080. The maximum Gasteiger partial charge on any atom is 1.00 e. The summed E-state index contributed by atoms with van der Waals surface area (Å²) in [6.07, 6.45) is 0. The number of carboxylic acid groups (broad SMARTS) is 1. The van der Waals surface area contributed by atoms with Gasteiger partial charge in [-0.15, -0.1) is 11.4 Å². The second-order valence-electron chi connectivity index (χ2n) is 8.42. The van der Waals surface area contributed by atoms with Crippen molar-refractivity contribution in [2.75, 3.05) is 0 Å². The third-order valence-electron chi connectivity index (χ3n) is 4.89. The number of aromatic carboxylic acids is 1. The molecule has 0 unspecified atom stereocenters. The Hall–Kier alpha value is -1.40. The maximum atomic E-state index is 10.3. The van der Waals surface area contributed by atoms with Crippen molar-refractivity contribution in [1.29, 1.82) is 0 Å². The normalized spacial score (nSPS) is 9.45. The van der Waals surface area contributed by atoms with Crippen molar-refractivity contribution in [3.8, 4) is 17.2 Å². The summed E-state index contributed by atoms with van der Waals surface area (Å²) < 4.78 is 25.3. The zero-order valence-electron chi connectivity index (χ0n) is 23.3. The van der Waals surface area contributed by atoms with E-state index in [2.05, 4.69) is 27.7 Å². The van der Waals surface area contributed by atoms with Crippen molar-refractivity contribution < 1.29 is 97.6 Å². The number of rotatable bonds is 3. The van der Waals surface area contributed by atoms with Gasteiger partial charge in [-0.3, -0.25) is 4.21 Å². The topological polar surface area (TPSA) is 161 Å². The SMILES string of the molecule is Cc1cc(O)ccc1C(C)C.Cc1cc(O)ccc1C(C)C.O=C(O)c1ccccc1O.O=S([O-])[O-].[Na+].[Na+]. The van der Waals surface area contributed by atoms with Gasteiger partial charge in [0.2, 0.25) is 0 Å². The summed E-state index contributed by atoms with van der Waals surface area (Å²) in [4.78, 5) is 10.3. The van der Waals surface area contributed by atoms with Gasteiger partial charge >= 0.3 is 65.1 Å². The number of phenols is 3. The van der Waals surface area contributed by atoms with Crippen LogP contribution < -0.4 is 59.1 Å². The second-order valence-corrected chi connectivity index (χ2v) is 8.83. The monoisotopic (exact) mass is 564 g/mol. The molecule has 3 rings (SSSR count). The van der Waals surface area contributed by atoms with Gasteiger partial charge in [-0.1, -0.05) is 52.0 Å². The Labute approximate surface area is 271 Å². The van der Waals surface area contributed by atoms with Crippen LogP contribution in [0.3, 0.4) is 0 Å². The van der Waals surface area contributed by atoms with Crippen LogP contribution in [-0.4, -0.2) is 39.7 Å². The molecule has 8 nitrogen and oxygen atoms in total.